The fourth-order valence-corrected chi connectivity index (χ4v) is 3.21. The second-order valence-electron chi connectivity index (χ2n) is 6.00. The number of benzene rings is 1. The van der Waals surface area contributed by atoms with Crippen LogP contribution >= 0.6 is 0 Å². The third-order valence-corrected chi connectivity index (χ3v) is 4.53. The molecule has 20 heavy (non-hydrogen) atoms. The van der Waals surface area contributed by atoms with E-state index in [4.69, 9.17) is 4.74 Å². The maximum atomic E-state index is 12.3. The Morgan fingerprint density at radius 1 is 1.35 bits per heavy atom. The van der Waals surface area contributed by atoms with Crippen LogP contribution in [0.1, 0.15) is 30.9 Å². The molecule has 2 aliphatic heterocycles. The lowest BCUT2D eigenvalue weighted by molar-refractivity contribution is -0.132. The minimum absolute atomic E-state index is 0.0464. The highest BCUT2D eigenvalue weighted by Crippen LogP contribution is 2.38. The minimum Gasteiger partial charge on any atom is -0.388 e. The van der Waals surface area contributed by atoms with Crippen LogP contribution in [0.4, 0.5) is 0 Å². The summed E-state index contributed by atoms with van der Waals surface area (Å²) in [6, 6.07) is 9.37. The van der Waals surface area contributed by atoms with E-state index in [2.05, 4.69) is 0 Å². The highest BCUT2D eigenvalue weighted by Gasteiger charge is 2.42. The summed E-state index contributed by atoms with van der Waals surface area (Å²) >= 11 is 0. The highest BCUT2D eigenvalue weighted by atomic mass is 16.5. The van der Waals surface area contributed by atoms with Gasteiger partial charge in [-0.15, -0.1) is 0 Å². The molecule has 0 aliphatic carbocycles. The summed E-state index contributed by atoms with van der Waals surface area (Å²) in [5.41, 5.74) is 0.992. The molecule has 0 radical (unpaired) electrons. The number of carbonyl (C=O) groups excluding carboxylic acids is 1. The van der Waals surface area contributed by atoms with Crippen molar-refractivity contribution >= 4 is 5.91 Å². The number of aliphatic hydroxyl groups excluding tert-OH is 1. The highest BCUT2D eigenvalue weighted by molar-refractivity contribution is 5.77. The molecule has 0 bridgehead atoms. The normalized spacial score (nSPS) is 27.1. The van der Waals surface area contributed by atoms with Crippen molar-refractivity contribution in [3.05, 3.63) is 35.9 Å². The third kappa shape index (κ3) is 2.72. The second kappa shape index (κ2) is 5.54. The Kier molecular flexibility index (Phi) is 3.76. The maximum absolute atomic E-state index is 12.3. The molecule has 2 unspecified atom stereocenters. The van der Waals surface area contributed by atoms with E-state index in [1.54, 1.807) is 0 Å². The zero-order chi connectivity index (χ0) is 14.0. The molecule has 0 aromatic heterocycles. The van der Waals surface area contributed by atoms with E-state index < -0.39 is 6.10 Å². The maximum Gasteiger partial charge on any atom is 0.225 e. The van der Waals surface area contributed by atoms with Gasteiger partial charge in [-0.1, -0.05) is 30.3 Å². The molecule has 1 aromatic carbocycles. The van der Waals surface area contributed by atoms with Crippen LogP contribution in [0.3, 0.4) is 0 Å². The van der Waals surface area contributed by atoms with Crippen molar-refractivity contribution in [1.29, 1.82) is 0 Å². The fraction of sp³-hybridized carbons (Fsp3) is 0.562. The van der Waals surface area contributed by atoms with Gasteiger partial charge in [0.1, 0.15) is 0 Å². The minimum atomic E-state index is -0.708. The van der Waals surface area contributed by atoms with E-state index >= 15 is 0 Å². The van der Waals surface area contributed by atoms with E-state index in [0.29, 0.717) is 0 Å². The molecule has 1 N–H and O–H groups in total. The van der Waals surface area contributed by atoms with Crippen LogP contribution in [0, 0.1) is 5.41 Å². The first kappa shape index (κ1) is 13.6. The van der Waals surface area contributed by atoms with Gasteiger partial charge in [-0.3, -0.25) is 4.79 Å². The number of rotatable bonds is 3. The molecule has 2 heterocycles. The Morgan fingerprint density at radius 3 is 2.85 bits per heavy atom. The van der Waals surface area contributed by atoms with Crippen LogP contribution in [0.15, 0.2) is 30.3 Å². The van der Waals surface area contributed by atoms with Crippen LogP contribution in [-0.4, -0.2) is 42.2 Å². The van der Waals surface area contributed by atoms with Gasteiger partial charge >= 0.3 is 0 Å². The Balaban J connectivity index is 1.57. The van der Waals surface area contributed by atoms with E-state index in [0.717, 1.165) is 44.7 Å². The molecule has 4 heteroatoms. The van der Waals surface area contributed by atoms with Crippen LogP contribution in [0.5, 0.6) is 0 Å². The van der Waals surface area contributed by atoms with Crippen LogP contribution in [0.2, 0.25) is 0 Å². The van der Waals surface area contributed by atoms with Crippen LogP contribution in [0.25, 0.3) is 0 Å². The lowest BCUT2D eigenvalue weighted by Crippen LogP contribution is -2.33. The zero-order valence-corrected chi connectivity index (χ0v) is 11.6. The topological polar surface area (TPSA) is 49.8 Å². The van der Waals surface area contributed by atoms with Gasteiger partial charge < -0.3 is 14.7 Å². The van der Waals surface area contributed by atoms with Gasteiger partial charge in [0.05, 0.1) is 19.1 Å². The number of hydrogen-bond donors (Lipinski definition) is 1. The average Bonchev–Trinajstić information content (AvgIpc) is 3.10. The zero-order valence-electron chi connectivity index (χ0n) is 11.6. The van der Waals surface area contributed by atoms with E-state index in [9.17, 15) is 9.90 Å². The number of ether oxygens (including phenoxy) is 1. The Labute approximate surface area is 119 Å². The molecule has 1 amide bonds. The van der Waals surface area contributed by atoms with Crippen molar-refractivity contribution in [3.8, 4) is 0 Å². The molecule has 3 rings (SSSR count). The van der Waals surface area contributed by atoms with Gasteiger partial charge in [0.15, 0.2) is 0 Å². The van der Waals surface area contributed by atoms with Crippen molar-refractivity contribution in [2.24, 2.45) is 5.41 Å². The predicted molar refractivity (Wildman–Crippen MR) is 75.1 cm³/mol. The number of likely N-dealkylation sites (tertiary alicyclic amines) is 1. The third-order valence-electron chi connectivity index (χ3n) is 4.53. The van der Waals surface area contributed by atoms with Gasteiger partial charge in [-0.25, -0.2) is 0 Å². The van der Waals surface area contributed by atoms with Crippen molar-refractivity contribution < 1.29 is 14.6 Å². The summed E-state index contributed by atoms with van der Waals surface area (Å²) in [5, 5.41) is 10.1. The van der Waals surface area contributed by atoms with Gasteiger partial charge in [0.25, 0.3) is 0 Å². The van der Waals surface area contributed by atoms with Gasteiger partial charge in [-0.2, -0.15) is 0 Å². The van der Waals surface area contributed by atoms with E-state index in [1.807, 2.05) is 35.2 Å². The largest absolute Gasteiger partial charge is 0.388 e. The molecule has 2 saturated heterocycles. The average molecular weight is 275 g/mol. The van der Waals surface area contributed by atoms with Crippen molar-refractivity contribution in [2.45, 2.75) is 25.4 Å². The molecule has 2 aliphatic rings. The standard InChI is InChI=1S/C16H21NO3/c18-14(13-4-2-1-3-5-13)10-15(19)17-8-6-16(11-17)7-9-20-12-16/h1-5,14,18H,6-12H2. The van der Waals surface area contributed by atoms with Crippen LogP contribution < -0.4 is 0 Å². The van der Waals surface area contributed by atoms with Crippen molar-refractivity contribution in [1.82, 2.24) is 4.90 Å². The number of nitrogens with zero attached hydrogens (tertiary/aromatic N) is 1. The molecule has 4 nitrogen and oxygen atoms in total. The number of hydrogen-bond acceptors (Lipinski definition) is 3. The molecule has 2 atom stereocenters. The molecular weight excluding hydrogens is 254 g/mol. The molecule has 0 saturated carbocycles. The Bertz CT molecular complexity index is 468. The number of carbonyl (C=O) groups is 1. The molecule has 1 aromatic rings. The summed E-state index contributed by atoms with van der Waals surface area (Å²) in [6.07, 6.45) is 1.54. The van der Waals surface area contributed by atoms with Gasteiger partial charge in [-0.05, 0) is 18.4 Å². The van der Waals surface area contributed by atoms with Crippen LogP contribution in [-0.2, 0) is 9.53 Å². The summed E-state index contributed by atoms with van der Waals surface area (Å²) in [5.74, 6) is 0.0464. The molecular formula is C16H21NO3. The molecule has 2 fully saturated rings. The number of amides is 1. The Hall–Kier alpha value is -1.39. The smallest absolute Gasteiger partial charge is 0.225 e. The second-order valence-corrected chi connectivity index (χ2v) is 6.00. The summed E-state index contributed by atoms with van der Waals surface area (Å²) in [6.45, 7) is 3.17. The Morgan fingerprint density at radius 2 is 2.15 bits per heavy atom. The first-order valence-electron chi connectivity index (χ1n) is 7.27. The van der Waals surface area contributed by atoms with E-state index in [1.165, 1.54) is 0 Å². The van der Waals surface area contributed by atoms with Crippen molar-refractivity contribution in [2.75, 3.05) is 26.3 Å². The molecule has 108 valence electrons. The summed E-state index contributed by atoms with van der Waals surface area (Å²) in [4.78, 5) is 14.2. The first-order valence-corrected chi connectivity index (χ1v) is 7.27. The summed E-state index contributed by atoms with van der Waals surface area (Å²) in [7, 11) is 0. The quantitative estimate of drug-likeness (QED) is 0.914. The van der Waals surface area contributed by atoms with Crippen molar-refractivity contribution in [3.63, 3.8) is 0 Å². The predicted octanol–water partition coefficient (Wildman–Crippen LogP) is 1.75. The summed E-state index contributed by atoms with van der Waals surface area (Å²) < 4.78 is 5.47. The lowest BCUT2D eigenvalue weighted by atomic mass is 9.87. The SMILES string of the molecule is O=C(CC(O)c1ccccc1)N1CCC2(CCOC2)C1. The van der Waals surface area contributed by atoms with E-state index in [-0.39, 0.29) is 17.7 Å². The first-order chi connectivity index (χ1) is 9.69. The monoisotopic (exact) mass is 275 g/mol. The molecule has 1 spiro atoms. The van der Waals surface area contributed by atoms with Gasteiger partial charge in [0, 0.05) is 25.1 Å². The number of aliphatic hydroxyl groups is 1. The lowest BCUT2D eigenvalue weighted by Gasteiger charge is -2.23. The van der Waals surface area contributed by atoms with Gasteiger partial charge in [0.2, 0.25) is 5.91 Å². The fourth-order valence-electron chi connectivity index (χ4n) is 3.21.